The highest BCUT2D eigenvalue weighted by Gasteiger charge is 2.27. The Morgan fingerprint density at radius 3 is 2.33 bits per heavy atom. The van der Waals surface area contributed by atoms with Crippen molar-refractivity contribution in [1.82, 2.24) is 10.2 Å². The van der Waals surface area contributed by atoms with Gasteiger partial charge in [0.05, 0.1) is 11.3 Å². The Kier molecular flexibility index (Phi) is 4.42. The number of carbonyl (C=O) groups is 1. The number of nitrogens with one attached hydrogen (secondary N) is 1. The topological polar surface area (TPSA) is 61.6 Å². The average Bonchev–Trinajstić information content (AvgIpc) is 2.45. The molecule has 1 aliphatic rings. The van der Waals surface area contributed by atoms with Gasteiger partial charge in [0.2, 0.25) is 0 Å². The SMILES string of the molecule is CNC(=O)c1ccc(N)cc1N1CCN(C(C)(C)C)CC1. The van der Waals surface area contributed by atoms with Gasteiger partial charge in [-0.1, -0.05) is 0 Å². The van der Waals surface area contributed by atoms with Crippen LogP contribution in [0, 0.1) is 0 Å². The molecule has 21 heavy (non-hydrogen) atoms. The van der Waals surface area contributed by atoms with Gasteiger partial charge in [-0.3, -0.25) is 9.69 Å². The molecule has 0 bridgehead atoms. The maximum Gasteiger partial charge on any atom is 0.253 e. The van der Waals surface area contributed by atoms with Crippen molar-refractivity contribution >= 4 is 17.3 Å². The van der Waals surface area contributed by atoms with Crippen LogP contribution in [0.5, 0.6) is 0 Å². The van der Waals surface area contributed by atoms with Crippen molar-refractivity contribution in [3.8, 4) is 0 Å². The zero-order valence-corrected chi connectivity index (χ0v) is 13.4. The molecular weight excluding hydrogens is 264 g/mol. The molecule has 5 heteroatoms. The number of nitrogens with two attached hydrogens (primary N) is 1. The van der Waals surface area contributed by atoms with Crippen LogP contribution in [0.1, 0.15) is 31.1 Å². The van der Waals surface area contributed by atoms with Crippen molar-refractivity contribution in [3.63, 3.8) is 0 Å². The first-order valence-electron chi connectivity index (χ1n) is 7.44. The van der Waals surface area contributed by atoms with Gasteiger partial charge in [0.25, 0.3) is 5.91 Å². The van der Waals surface area contributed by atoms with E-state index in [1.54, 1.807) is 19.2 Å². The molecule has 0 aliphatic carbocycles. The van der Waals surface area contributed by atoms with Gasteiger partial charge < -0.3 is 16.0 Å². The molecule has 0 atom stereocenters. The summed E-state index contributed by atoms with van der Waals surface area (Å²) >= 11 is 0. The van der Waals surface area contributed by atoms with Crippen LogP contribution in [0.4, 0.5) is 11.4 Å². The van der Waals surface area contributed by atoms with Crippen molar-refractivity contribution in [1.29, 1.82) is 0 Å². The molecule has 1 heterocycles. The van der Waals surface area contributed by atoms with Crippen molar-refractivity contribution in [2.24, 2.45) is 0 Å². The van der Waals surface area contributed by atoms with Gasteiger partial charge in [0.15, 0.2) is 0 Å². The van der Waals surface area contributed by atoms with E-state index in [0.717, 1.165) is 31.9 Å². The first kappa shape index (κ1) is 15.6. The zero-order chi connectivity index (χ0) is 15.6. The zero-order valence-electron chi connectivity index (χ0n) is 13.4. The van der Waals surface area contributed by atoms with Crippen molar-refractivity contribution in [2.45, 2.75) is 26.3 Å². The Bertz CT molecular complexity index is 513. The third-order valence-corrected chi connectivity index (χ3v) is 4.06. The van der Waals surface area contributed by atoms with Gasteiger partial charge in [-0.05, 0) is 39.0 Å². The minimum atomic E-state index is -0.0664. The number of carbonyl (C=O) groups excluding carboxylic acids is 1. The molecule has 0 saturated carbocycles. The van der Waals surface area contributed by atoms with Gasteiger partial charge in [-0.2, -0.15) is 0 Å². The van der Waals surface area contributed by atoms with Gasteiger partial charge in [-0.25, -0.2) is 0 Å². The van der Waals surface area contributed by atoms with Crippen LogP contribution in [-0.2, 0) is 0 Å². The van der Waals surface area contributed by atoms with E-state index in [2.05, 4.69) is 35.9 Å². The summed E-state index contributed by atoms with van der Waals surface area (Å²) in [4.78, 5) is 16.7. The fraction of sp³-hybridized carbons (Fsp3) is 0.562. The second kappa shape index (κ2) is 5.93. The molecule has 1 amide bonds. The molecule has 116 valence electrons. The highest BCUT2D eigenvalue weighted by molar-refractivity contribution is 6.00. The molecule has 0 unspecified atom stereocenters. The fourth-order valence-corrected chi connectivity index (χ4v) is 2.76. The molecule has 0 aromatic heterocycles. The van der Waals surface area contributed by atoms with Crippen molar-refractivity contribution < 1.29 is 4.79 Å². The predicted molar refractivity (Wildman–Crippen MR) is 87.8 cm³/mol. The second-order valence-electron chi connectivity index (χ2n) is 6.50. The summed E-state index contributed by atoms with van der Waals surface area (Å²) in [5, 5.41) is 2.70. The number of anilines is 2. The lowest BCUT2D eigenvalue weighted by Crippen LogP contribution is -2.53. The van der Waals surface area contributed by atoms with E-state index in [1.165, 1.54) is 0 Å². The van der Waals surface area contributed by atoms with Crippen LogP contribution in [0.3, 0.4) is 0 Å². The van der Waals surface area contributed by atoms with Crippen LogP contribution >= 0.6 is 0 Å². The average molecular weight is 290 g/mol. The van der Waals surface area contributed by atoms with E-state index in [0.29, 0.717) is 11.3 Å². The van der Waals surface area contributed by atoms with E-state index < -0.39 is 0 Å². The lowest BCUT2D eigenvalue weighted by atomic mass is 10.0. The number of nitrogens with zero attached hydrogens (tertiary/aromatic N) is 2. The normalized spacial score (nSPS) is 16.9. The smallest absolute Gasteiger partial charge is 0.253 e. The van der Waals surface area contributed by atoms with Gasteiger partial charge in [0.1, 0.15) is 0 Å². The summed E-state index contributed by atoms with van der Waals surface area (Å²) in [6.45, 7) is 10.5. The summed E-state index contributed by atoms with van der Waals surface area (Å²) in [5.74, 6) is -0.0664. The number of benzene rings is 1. The van der Waals surface area contributed by atoms with Crippen molar-refractivity contribution in [3.05, 3.63) is 23.8 Å². The summed E-state index contributed by atoms with van der Waals surface area (Å²) in [5.41, 5.74) is 8.40. The Balaban J connectivity index is 2.20. The third-order valence-electron chi connectivity index (χ3n) is 4.06. The molecule has 0 spiro atoms. The molecule has 3 N–H and O–H groups in total. The largest absolute Gasteiger partial charge is 0.399 e. The van der Waals surface area contributed by atoms with Crippen LogP contribution in [-0.4, -0.2) is 49.6 Å². The summed E-state index contributed by atoms with van der Waals surface area (Å²) in [7, 11) is 1.65. The first-order chi connectivity index (χ1) is 9.82. The molecule has 5 nitrogen and oxygen atoms in total. The summed E-state index contributed by atoms with van der Waals surface area (Å²) in [6, 6.07) is 5.48. The number of rotatable bonds is 2. The van der Waals surface area contributed by atoms with Gasteiger partial charge in [-0.15, -0.1) is 0 Å². The highest BCUT2D eigenvalue weighted by atomic mass is 16.1. The molecule has 2 rings (SSSR count). The number of piperazine rings is 1. The minimum Gasteiger partial charge on any atom is -0.399 e. The number of nitrogen functional groups attached to an aromatic ring is 1. The second-order valence-corrected chi connectivity index (χ2v) is 6.50. The summed E-state index contributed by atoms with van der Waals surface area (Å²) < 4.78 is 0. The van der Waals surface area contributed by atoms with E-state index in [1.807, 2.05) is 6.07 Å². The number of hydrogen-bond donors (Lipinski definition) is 2. The van der Waals surface area contributed by atoms with Crippen LogP contribution < -0.4 is 16.0 Å². The van der Waals surface area contributed by atoms with E-state index in [4.69, 9.17) is 5.73 Å². The first-order valence-corrected chi connectivity index (χ1v) is 7.44. The van der Waals surface area contributed by atoms with E-state index in [-0.39, 0.29) is 11.4 Å². The third kappa shape index (κ3) is 3.47. The molecular formula is C16H26N4O. The minimum absolute atomic E-state index is 0.0664. The quantitative estimate of drug-likeness (QED) is 0.811. The molecule has 1 aromatic carbocycles. The predicted octanol–water partition coefficient (Wildman–Crippen LogP) is 1.55. The van der Waals surface area contributed by atoms with Crippen LogP contribution in [0.2, 0.25) is 0 Å². The van der Waals surface area contributed by atoms with Gasteiger partial charge in [0, 0.05) is 44.5 Å². The maximum absolute atomic E-state index is 12.0. The fourth-order valence-electron chi connectivity index (χ4n) is 2.76. The lowest BCUT2D eigenvalue weighted by molar-refractivity contribution is 0.0962. The van der Waals surface area contributed by atoms with E-state index in [9.17, 15) is 4.79 Å². The van der Waals surface area contributed by atoms with E-state index >= 15 is 0 Å². The maximum atomic E-state index is 12.0. The highest BCUT2D eigenvalue weighted by Crippen LogP contribution is 2.26. The Hall–Kier alpha value is -1.75. The lowest BCUT2D eigenvalue weighted by Gasteiger charge is -2.43. The molecule has 1 fully saturated rings. The number of amides is 1. The number of hydrogen-bond acceptors (Lipinski definition) is 4. The Labute approximate surface area is 127 Å². The van der Waals surface area contributed by atoms with Crippen LogP contribution in [0.15, 0.2) is 18.2 Å². The standard InChI is InChI=1S/C16H26N4O/c1-16(2,3)20-9-7-19(8-10-20)14-11-12(17)5-6-13(14)15(21)18-4/h5-6,11H,7-10,17H2,1-4H3,(H,18,21). The van der Waals surface area contributed by atoms with Crippen LogP contribution in [0.25, 0.3) is 0 Å². The monoisotopic (exact) mass is 290 g/mol. The Morgan fingerprint density at radius 2 is 1.81 bits per heavy atom. The molecule has 1 saturated heterocycles. The molecule has 1 aliphatic heterocycles. The molecule has 0 radical (unpaired) electrons. The Morgan fingerprint density at radius 1 is 1.19 bits per heavy atom. The van der Waals surface area contributed by atoms with Crippen molar-refractivity contribution in [2.75, 3.05) is 43.9 Å². The summed E-state index contributed by atoms with van der Waals surface area (Å²) in [6.07, 6.45) is 0. The molecule has 1 aromatic rings. The van der Waals surface area contributed by atoms with Gasteiger partial charge >= 0.3 is 0 Å².